The van der Waals surface area contributed by atoms with E-state index >= 15 is 0 Å². The fourth-order valence-electron chi connectivity index (χ4n) is 3.73. The molecule has 26 heavy (non-hydrogen) atoms. The molecule has 4 aromatic rings. The monoisotopic (exact) mass is 332 g/mol. The maximum atomic E-state index is 2.25. The van der Waals surface area contributed by atoms with Crippen molar-refractivity contribution in [3.63, 3.8) is 0 Å². The average molecular weight is 332 g/mol. The summed E-state index contributed by atoms with van der Waals surface area (Å²) in [7, 11) is 0. The zero-order valence-corrected chi connectivity index (χ0v) is 14.7. The molecular weight excluding hydrogens is 312 g/mol. The normalized spacial score (nSPS) is 12.3. The van der Waals surface area contributed by atoms with Crippen LogP contribution in [0.15, 0.2) is 97.1 Å². The Hall–Kier alpha value is -3.12. The van der Waals surface area contributed by atoms with E-state index < -0.39 is 0 Å². The van der Waals surface area contributed by atoms with E-state index in [0.717, 1.165) is 12.8 Å². The summed E-state index contributed by atoms with van der Waals surface area (Å²) in [5, 5.41) is 0. The first-order valence-corrected chi connectivity index (χ1v) is 9.20. The van der Waals surface area contributed by atoms with Crippen molar-refractivity contribution in [2.24, 2.45) is 0 Å². The molecule has 0 saturated heterocycles. The van der Waals surface area contributed by atoms with Crippen LogP contribution in [-0.4, -0.2) is 0 Å². The number of rotatable bonds is 0. The maximum Gasteiger partial charge on any atom is -0.00258 e. The lowest BCUT2D eigenvalue weighted by Gasteiger charge is -2.10. The van der Waals surface area contributed by atoms with Crippen molar-refractivity contribution >= 4 is 0 Å². The second kappa shape index (κ2) is 6.31. The summed E-state index contributed by atoms with van der Waals surface area (Å²) in [6.45, 7) is 0. The summed E-state index contributed by atoms with van der Waals surface area (Å²) in [6.07, 6.45) is 1.94. The van der Waals surface area contributed by atoms with E-state index in [1.165, 1.54) is 44.5 Å². The Balaban J connectivity index is 1.62. The van der Waals surface area contributed by atoms with Crippen LogP contribution in [0.5, 0.6) is 0 Å². The van der Waals surface area contributed by atoms with E-state index in [1.54, 1.807) is 0 Å². The van der Waals surface area contributed by atoms with Gasteiger partial charge in [-0.3, -0.25) is 0 Å². The topological polar surface area (TPSA) is 0 Å². The van der Waals surface area contributed by atoms with Gasteiger partial charge in [-0.05, 0) is 57.3 Å². The van der Waals surface area contributed by atoms with Crippen molar-refractivity contribution in [1.29, 1.82) is 0 Å². The van der Waals surface area contributed by atoms with Gasteiger partial charge >= 0.3 is 0 Å². The molecule has 0 aliphatic heterocycles. The van der Waals surface area contributed by atoms with Gasteiger partial charge in [0.1, 0.15) is 0 Å². The molecule has 0 aromatic heterocycles. The van der Waals surface area contributed by atoms with Gasteiger partial charge in [-0.25, -0.2) is 0 Å². The van der Waals surface area contributed by atoms with Gasteiger partial charge in [-0.1, -0.05) is 97.1 Å². The van der Waals surface area contributed by atoms with Gasteiger partial charge in [-0.2, -0.15) is 0 Å². The van der Waals surface area contributed by atoms with Crippen LogP contribution in [0.2, 0.25) is 0 Å². The molecule has 0 radical (unpaired) electrons. The predicted octanol–water partition coefficient (Wildman–Crippen LogP) is 6.52. The number of hydrogen-bond acceptors (Lipinski definition) is 0. The fourth-order valence-corrected chi connectivity index (χ4v) is 3.73. The van der Waals surface area contributed by atoms with Gasteiger partial charge in [0, 0.05) is 0 Å². The SMILES string of the molecule is c1cc2ccc1Cc1ccc(cc1)-c1ccc(cc1)Cc1ccc-2cc1. The molecule has 0 N–H and O–H groups in total. The molecule has 14 rings (SSSR count). The van der Waals surface area contributed by atoms with Crippen LogP contribution in [0.3, 0.4) is 0 Å². The molecular formula is C26H20. The second-order valence-corrected chi connectivity index (χ2v) is 7.14. The lowest BCUT2D eigenvalue weighted by molar-refractivity contribution is 1.19. The van der Waals surface area contributed by atoms with Crippen molar-refractivity contribution in [2.75, 3.05) is 0 Å². The maximum absolute atomic E-state index is 2.25. The van der Waals surface area contributed by atoms with Crippen molar-refractivity contribution in [3.8, 4) is 22.3 Å². The van der Waals surface area contributed by atoms with Crippen LogP contribution in [0.25, 0.3) is 22.3 Å². The smallest absolute Gasteiger partial charge is 0.00258 e. The van der Waals surface area contributed by atoms with Crippen LogP contribution in [0.4, 0.5) is 0 Å². The number of benzene rings is 4. The quantitative estimate of drug-likeness (QED) is 0.303. The molecule has 0 amide bonds. The van der Waals surface area contributed by atoms with Crippen molar-refractivity contribution < 1.29 is 0 Å². The molecule has 0 atom stereocenters. The molecule has 0 saturated carbocycles. The molecule has 8 bridgehead atoms. The summed E-state index contributed by atoms with van der Waals surface area (Å²) >= 11 is 0. The highest BCUT2D eigenvalue weighted by molar-refractivity contribution is 5.66. The van der Waals surface area contributed by atoms with E-state index in [1.807, 2.05) is 0 Å². The minimum Gasteiger partial charge on any atom is -0.0581 e. The highest BCUT2D eigenvalue weighted by Crippen LogP contribution is 2.25. The molecule has 10 aliphatic rings. The molecule has 124 valence electrons. The Morgan fingerprint density at radius 1 is 0.269 bits per heavy atom. The third kappa shape index (κ3) is 2.95. The van der Waals surface area contributed by atoms with Gasteiger partial charge in [-0.15, -0.1) is 0 Å². The second-order valence-electron chi connectivity index (χ2n) is 7.14. The first-order chi connectivity index (χ1) is 12.8. The van der Waals surface area contributed by atoms with Gasteiger partial charge in [0.05, 0.1) is 0 Å². The summed E-state index contributed by atoms with van der Waals surface area (Å²) in [6, 6.07) is 35.9. The molecule has 0 nitrogen and oxygen atoms in total. The molecule has 0 heterocycles. The van der Waals surface area contributed by atoms with Crippen molar-refractivity contribution in [3.05, 3.63) is 119 Å². The van der Waals surface area contributed by atoms with Crippen LogP contribution in [-0.2, 0) is 12.8 Å². The summed E-state index contributed by atoms with van der Waals surface area (Å²) in [5.41, 5.74) is 10.5. The Morgan fingerprint density at radius 2 is 0.462 bits per heavy atom. The van der Waals surface area contributed by atoms with E-state index in [0.29, 0.717) is 0 Å². The summed E-state index contributed by atoms with van der Waals surface area (Å²) in [4.78, 5) is 0. The lowest BCUT2D eigenvalue weighted by atomic mass is 9.95. The third-order valence-electron chi connectivity index (χ3n) is 5.30. The minimum atomic E-state index is 0.971. The zero-order chi connectivity index (χ0) is 17.3. The first-order valence-electron chi connectivity index (χ1n) is 9.20. The highest BCUT2D eigenvalue weighted by Gasteiger charge is 2.04. The van der Waals surface area contributed by atoms with Crippen LogP contribution >= 0.6 is 0 Å². The molecule has 0 spiro atoms. The Bertz CT molecular complexity index is 843. The summed E-state index contributed by atoms with van der Waals surface area (Å²) < 4.78 is 0. The van der Waals surface area contributed by atoms with Crippen LogP contribution in [0, 0.1) is 0 Å². The molecule has 0 fully saturated rings. The molecule has 10 aliphatic carbocycles. The predicted molar refractivity (Wildman–Crippen MR) is 109 cm³/mol. The van der Waals surface area contributed by atoms with E-state index in [4.69, 9.17) is 0 Å². The zero-order valence-electron chi connectivity index (χ0n) is 14.7. The number of hydrogen-bond donors (Lipinski definition) is 0. The standard InChI is InChI=1S/C26H20/c1-9-23-10-2-19(1)17-20-3-13-25(14-4-20)26-15-7-22(8-16-26)18-21-5-11-24(23)12-6-21/h1-16H,17-18H2. The van der Waals surface area contributed by atoms with E-state index in [-0.39, 0.29) is 0 Å². The Morgan fingerprint density at radius 3 is 0.654 bits per heavy atom. The van der Waals surface area contributed by atoms with Gasteiger partial charge in [0.2, 0.25) is 0 Å². The molecule has 4 aromatic carbocycles. The van der Waals surface area contributed by atoms with Gasteiger partial charge < -0.3 is 0 Å². The van der Waals surface area contributed by atoms with Gasteiger partial charge in [0.15, 0.2) is 0 Å². The van der Waals surface area contributed by atoms with Crippen molar-refractivity contribution in [1.82, 2.24) is 0 Å². The highest BCUT2D eigenvalue weighted by atomic mass is 14.1. The van der Waals surface area contributed by atoms with Crippen LogP contribution in [0.1, 0.15) is 22.3 Å². The third-order valence-corrected chi connectivity index (χ3v) is 5.30. The average Bonchev–Trinajstić information content (AvgIpc) is 2.70. The van der Waals surface area contributed by atoms with E-state index in [9.17, 15) is 0 Å². The minimum absolute atomic E-state index is 0.971. The molecule has 0 heteroatoms. The van der Waals surface area contributed by atoms with E-state index in [2.05, 4.69) is 97.1 Å². The van der Waals surface area contributed by atoms with Crippen molar-refractivity contribution in [2.45, 2.75) is 12.8 Å². The first kappa shape index (κ1) is 15.2. The Kier molecular flexibility index (Phi) is 3.68. The van der Waals surface area contributed by atoms with Crippen LogP contribution < -0.4 is 0 Å². The van der Waals surface area contributed by atoms with Gasteiger partial charge in [0.25, 0.3) is 0 Å². The largest absolute Gasteiger partial charge is 0.0581 e. The molecule has 0 unspecified atom stereocenters. The lowest BCUT2D eigenvalue weighted by Crippen LogP contribution is -1.91. The fraction of sp³-hybridized carbons (Fsp3) is 0.0769. The summed E-state index contributed by atoms with van der Waals surface area (Å²) in [5.74, 6) is 0. The Labute approximate surface area is 154 Å².